The monoisotopic (exact) mass is 544 g/mol. The number of ketones is 1. The minimum atomic E-state index is -3.56. The Labute approximate surface area is 219 Å². The van der Waals surface area contributed by atoms with Crippen molar-refractivity contribution in [3.8, 4) is 11.5 Å². The number of sulfone groups is 1. The van der Waals surface area contributed by atoms with Crippen molar-refractivity contribution in [3.05, 3.63) is 82.3 Å². The van der Waals surface area contributed by atoms with Crippen LogP contribution in [0.5, 0.6) is 11.5 Å². The molecular weight excluding hydrogens is 519 g/mol. The fourth-order valence-corrected chi connectivity index (χ4v) is 5.20. The van der Waals surface area contributed by atoms with Crippen molar-refractivity contribution in [2.45, 2.75) is 24.8 Å². The van der Waals surface area contributed by atoms with E-state index in [0.717, 1.165) is 0 Å². The first-order valence-corrected chi connectivity index (χ1v) is 13.4. The zero-order chi connectivity index (χ0) is 26.9. The number of fused-ring (bicyclic) bond motifs is 1. The fraction of sp³-hybridized carbons (Fsp3) is 0.222. The first-order chi connectivity index (χ1) is 17.6. The maximum absolute atomic E-state index is 14.1. The molecule has 4 rings (SSSR count). The number of carbonyl (C=O) groups excluding carboxylic acids is 1. The molecule has 194 valence electrons. The van der Waals surface area contributed by atoms with Crippen LogP contribution in [0.25, 0.3) is 10.9 Å². The highest BCUT2D eigenvalue weighted by Crippen LogP contribution is 2.36. The Bertz CT molecular complexity index is 1600. The molecule has 0 spiro atoms. The van der Waals surface area contributed by atoms with Gasteiger partial charge in [0.25, 0.3) is 0 Å². The lowest BCUT2D eigenvalue weighted by Crippen LogP contribution is -2.22. The molecule has 3 aromatic carbocycles. The Hall–Kier alpha value is -3.56. The number of rotatable bonds is 9. The lowest BCUT2D eigenvalue weighted by atomic mass is 9.95. The number of carbonyl (C=O) groups is 1. The molecule has 0 amide bonds. The van der Waals surface area contributed by atoms with Crippen LogP contribution in [0.4, 0.5) is 10.1 Å². The summed E-state index contributed by atoms with van der Waals surface area (Å²) in [5, 5.41) is 4.15. The van der Waals surface area contributed by atoms with E-state index in [4.69, 9.17) is 21.1 Å². The lowest BCUT2D eigenvalue weighted by Gasteiger charge is -2.22. The van der Waals surface area contributed by atoms with Crippen LogP contribution >= 0.6 is 11.6 Å². The quantitative estimate of drug-likeness (QED) is 0.246. The zero-order valence-electron chi connectivity index (χ0n) is 20.7. The average molecular weight is 545 g/mol. The standard InChI is InChI=1S/C27H26ClFN2O5S/c1-5-37(33,34)19-11-17(10-18(12-19)35-3)31-26(20-7-6-16(28)9-25(20)36-4)27(32)22-14-30-24-13-23(29)15(2)8-21(22)24/h6-14,26,30-31H,5H2,1-4H3. The number of halogens is 2. The van der Waals surface area contributed by atoms with Crippen LogP contribution in [0.3, 0.4) is 0 Å². The van der Waals surface area contributed by atoms with Crippen molar-refractivity contribution in [2.75, 3.05) is 25.3 Å². The number of hydrogen-bond donors (Lipinski definition) is 2. The highest BCUT2D eigenvalue weighted by molar-refractivity contribution is 7.91. The summed E-state index contributed by atoms with van der Waals surface area (Å²) >= 11 is 6.17. The van der Waals surface area contributed by atoms with E-state index in [1.165, 1.54) is 38.6 Å². The van der Waals surface area contributed by atoms with Crippen LogP contribution in [0, 0.1) is 12.7 Å². The minimum Gasteiger partial charge on any atom is -0.497 e. The number of anilines is 1. The third-order valence-electron chi connectivity index (χ3n) is 6.16. The van der Waals surface area contributed by atoms with Crippen molar-refractivity contribution in [1.82, 2.24) is 4.98 Å². The number of nitrogens with one attached hydrogen (secondary N) is 2. The van der Waals surface area contributed by atoms with E-state index in [0.29, 0.717) is 49.8 Å². The normalized spacial score (nSPS) is 12.4. The van der Waals surface area contributed by atoms with Crippen LogP contribution in [-0.4, -0.2) is 39.2 Å². The zero-order valence-corrected chi connectivity index (χ0v) is 22.3. The van der Waals surface area contributed by atoms with Crippen molar-refractivity contribution in [3.63, 3.8) is 0 Å². The molecule has 1 aromatic heterocycles. The molecule has 1 heterocycles. The number of ether oxygens (including phenoxy) is 2. The molecule has 0 saturated carbocycles. The highest BCUT2D eigenvalue weighted by atomic mass is 35.5. The largest absolute Gasteiger partial charge is 0.497 e. The second-order valence-electron chi connectivity index (χ2n) is 8.48. The number of aryl methyl sites for hydroxylation is 1. The molecule has 0 fully saturated rings. The van der Waals surface area contributed by atoms with Crippen LogP contribution in [0.1, 0.15) is 34.5 Å². The summed E-state index contributed by atoms with van der Waals surface area (Å²) in [5.74, 6) is -0.156. The molecule has 0 bridgehead atoms. The van der Waals surface area contributed by atoms with Gasteiger partial charge in [-0.1, -0.05) is 24.6 Å². The molecule has 0 saturated heterocycles. The van der Waals surface area contributed by atoms with Gasteiger partial charge in [0.15, 0.2) is 15.6 Å². The van der Waals surface area contributed by atoms with E-state index in [1.54, 1.807) is 44.2 Å². The molecular formula is C27H26ClFN2O5S. The molecule has 0 radical (unpaired) electrons. The number of methoxy groups -OCH3 is 2. The van der Waals surface area contributed by atoms with Gasteiger partial charge in [-0.05, 0) is 48.9 Å². The van der Waals surface area contributed by atoms with E-state index < -0.39 is 15.9 Å². The molecule has 2 N–H and O–H groups in total. The third-order valence-corrected chi connectivity index (χ3v) is 8.11. The molecule has 0 aliphatic heterocycles. The molecule has 10 heteroatoms. The summed E-state index contributed by atoms with van der Waals surface area (Å²) < 4.78 is 50.2. The van der Waals surface area contributed by atoms with Crippen molar-refractivity contribution in [2.24, 2.45) is 0 Å². The van der Waals surface area contributed by atoms with Crippen molar-refractivity contribution < 1.29 is 27.1 Å². The van der Waals surface area contributed by atoms with Gasteiger partial charge in [-0.2, -0.15) is 0 Å². The lowest BCUT2D eigenvalue weighted by molar-refractivity contribution is 0.0970. The van der Waals surface area contributed by atoms with E-state index >= 15 is 0 Å². The Morgan fingerprint density at radius 1 is 1.11 bits per heavy atom. The summed E-state index contributed by atoms with van der Waals surface area (Å²) in [7, 11) is -0.666. The predicted octanol–water partition coefficient (Wildman–Crippen LogP) is 6.12. The predicted molar refractivity (Wildman–Crippen MR) is 142 cm³/mol. The van der Waals surface area contributed by atoms with Crippen LogP contribution in [0.2, 0.25) is 5.02 Å². The van der Waals surface area contributed by atoms with Gasteiger partial charge in [-0.3, -0.25) is 4.79 Å². The van der Waals surface area contributed by atoms with Crippen LogP contribution in [-0.2, 0) is 9.84 Å². The summed E-state index contributed by atoms with van der Waals surface area (Å²) in [6.07, 6.45) is 1.53. The van der Waals surface area contributed by atoms with E-state index in [2.05, 4.69) is 10.3 Å². The summed E-state index contributed by atoms with van der Waals surface area (Å²) in [6, 6.07) is 11.3. The second-order valence-corrected chi connectivity index (χ2v) is 11.2. The molecule has 37 heavy (non-hydrogen) atoms. The Morgan fingerprint density at radius 2 is 1.86 bits per heavy atom. The maximum atomic E-state index is 14.1. The molecule has 0 aliphatic rings. The van der Waals surface area contributed by atoms with Crippen molar-refractivity contribution >= 4 is 43.8 Å². The third kappa shape index (κ3) is 5.28. The van der Waals surface area contributed by atoms with E-state index in [1.807, 2.05) is 0 Å². The first kappa shape index (κ1) is 26.5. The van der Waals surface area contributed by atoms with Gasteiger partial charge in [0, 0.05) is 45.0 Å². The van der Waals surface area contributed by atoms with E-state index in [-0.39, 0.29) is 22.2 Å². The smallest absolute Gasteiger partial charge is 0.191 e. The topological polar surface area (TPSA) is 97.5 Å². The summed E-state index contributed by atoms with van der Waals surface area (Å²) in [6.45, 7) is 3.18. The Morgan fingerprint density at radius 3 is 2.54 bits per heavy atom. The molecule has 1 unspecified atom stereocenters. The number of H-pyrrole nitrogens is 1. The Kier molecular flexibility index (Phi) is 7.47. The van der Waals surface area contributed by atoms with Gasteiger partial charge >= 0.3 is 0 Å². The van der Waals surface area contributed by atoms with Gasteiger partial charge in [0.2, 0.25) is 0 Å². The van der Waals surface area contributed by atoms with Gasteiger partial charge in [0.05, 0.1) is 24.9 Å². The summed E-state index contributed by atoms with van der Waals surface area (Å²) in [4.78, 5) is 17.1. The van der Waals surface area contributed by atoms with E-state index in [9.17, 15) is 17.6 Å². The number of Topliss-reactive ketones (excluding diaryl/α,β-unsaturated/α-hetero) is 1. The average Bonchev–Trinajstić information content (AvgIpc) is 3.29. The molecule has 0 aliphatic carbocycles. The second kappa shape index (κ2) is 10.4. The van der Waals surface area contributed by atoms with Crippen LogP contribution in [0.15, 0.2) is 59.6 Å². The van der Waals surface area contributed by atoms with Gasteiger partial charge in [-0.15, -0.1) is 0 Å². The number of aromatic amines is 1. The SMILES string of the molecule is CCS(=O)(=O)c1cc(NC(C(=O)c2c[nH]c3cc(F)c(C)cc23)c2ccc(Cl)cc2OC)cc(OC)c1. The Balaban J connectivity index is 1.88. The molecule has 4 aromatic rings. The van der Waals surface area contributed by atoms with Crippen molar-refractivity contribution in [1.29, 1.82) is 0 Å². The maximum Gasteiger partial charge on any atom is 0.191 e. The summed E-state index contributed by atoms with van der Waals surface area (Å²) in [5.41, 5.74) is 2.04. The van der Waals surface area contributed by atoms with Crippen LogP contribution < -0.4 is 14.8 Å². The van der Waals surface area contributed by atoms with Gasteiger partial charge < -0.3 is 19.8 Å². The van der Waals surface area contributed by atoms with Gasteiger partial charge in [0.1, 0.15) is 23.4 Å². The molecule has 7 nitrogen and oxygen atoms in total. The van der Waals surface area contributed by atoms with Gasteiger partial charge in [-0.25, -0.2) is 12.8 Å². The first-order valence-electron chi connectivity index (χ1n) is 11.4. The number of benzene rings is 3. The minimum absolute atomic E-state index is 0.0596. The number of hydrogen-bond acceptors (Lipinski definition) is 6. The molecule has 1 atom stereocenters. The number of aromatic nitrogens is 1. The highest BCUT2D eigenvalue weighted by Gasteiger charge is 2.28. The fourth-order valence-electron chi connectivity index (χ4n) is 4.10.